The summed E-state index contributed by atoms with van der Waals surface area (Å²) in [5, 5.41) is 0. The highest BCUT2D eigenvalue weighted by Crippen LogP contribution is 2.28. The van der Waals surface area contributed by atoms with Crippen LogP contribution in [0.2, 0.25) is 0 Å². The zero-order valence-electron chi connectivity index (χ0n) is 19.7. The topological polar surface area (TPSA) is 35.5 Å². The second-order valence-electron chi connectivity index (χ2n) is 9.48. The van der Waals surface area contributed by atoms with Crippen molar-refractivity contribution in [3.05, 3.63) is 12.2 Å². The maximum absolute atomic E-state index is 11.9. The Kier molecular flexibility index (Phi) is 16.3. The lowest BCUT2D eigenvalue weighted by Crippen LogP contribution is -2.36. The van der Waals surface area contributed by atoms with Gasteiger partial charge in [-0.1, -0.05) is 98.6 Å². The van der Waals surface area contributed by atoms with Crippen molar-refractivity contribution in [1.29, 1.82) is 0 Å². The fourth-order valence-electron chi connectivity index (χ4n) is 3.60. The van der Waals surface area contributed by atoms with Crippen molar-refractivity contribution in [2.75, 3.05) is 6.61 Å². The van der Waals surface area contributed by atoms with E-state index in [0.29, 0.717) is 6.61 Å². The molecule has 1 atom stereocenters. The van der Waals surface area contributed by atoms with Crippen LogP contribution in [-0.2, 0) is 9.47 Å². The van der Waals surface area contributed by atoms with E-state index in [1.54, 1.807) is 0 Å². The van der Waals surface area contributed by atoms with E-state index in [1.807, 2.05) is 0 Å². The minimum absolute atomic E-state index is 0.0720. The van der Waals surface area contributed by atoms with Gasteiger partial charge in [-0.25, -0.2) is 4.79 Å². The molecule has 0 saturated carbocycles. The van der Waals surface area contributed by atoms with Crippen LogP contribution in [-0.4, -0.2) is 18.9 Å². The number of hydrogen-bond donors (Lipinski definition) is 0. The van der Waals surface area contributed by atoms with E-state index in [1.165, 1.54) is 64.2 Å². The Hall–Kier alpha value is -0.990. The van der Waals surface area contributed by atoms with Crippen molar-refractivity contribution in [2.45, 2.75) is 125 Å². The molecule has 166 valence electrons. The molecule has 0 N–H and O–H groups in total. The molecule has 0 aromatic rings. The minimum Gasteiger partial charge on any atom is -0.434 e. The predicted octanol–water partition coefficient (Wildman–Crippen LogP) is 8.47. The molecule has 0 aliphatic carbocycles. The molecular formula is C25H48O3. The van der Waals surface area contributed by atoms with E-state index in [0.717, 1.165) is 12.8 Å². The van der Waals surface area contributed by atoms with Crippen molar-refractivity contribution in [2.24, 2.45) is 11.3 Å². The Labute approximate surface area is 175 Å². The van der Waals surface area contributed by atoms with Gasteiger partial charge in [0.05, 0.1) is 6.61 Å². The van der Waals surface area contributed by atoms with Crippen LogP contribution in [0.25, 0.3) is 0 Å². The molecule has 0 bridgehead atoms. The Balaban J connectivity index is 3.52. The molecule has 0 aliphatic heterocycles. The predicted molar refractivity (Wildman–Crippen MR) is 121 cm³/mol. The number of carbonyl (C=O) groups is 1. The maximum Gasteiger partial charge on any atom is 0.508 e. The molecule has 3 heteroatoms. The molecule has 0 aromatic carbocycles. The number of carbonyl (C=O) groups excluding carboxylic acids is 1. The molecule has 0 spiro atoms. The second kappa shape index (κ2) is 16.9. The first-order valence-electron chi connectivity index (χ1n) is 11.8. The third-order valence-corrected chi connectivity index (χ3v) is 5.06. The van der Waals surface area contributed by atoms with E-state index in [2.05, 4.69) is 53.7 Å². The average molecular weight is 397 g/mol. The molecule has 0 aromatic heterocycles. The highest BCUT2D eigenvalue weighted by Gasteiger charge is 2.31. The Morgan fingerprint density at radius 2 is 1.32 bits per heavy atom. The third kappa shape index (κ3) is 16.0. The lowest BCUT2D eigenvalue weighted by atomic mass is 9.83. The van der Waals surface area contributed by atoms with Gasteiger partial charge in [0.1, 0.15) is 6.10 Å². The number of hydrogen-bond acceptors (Lipinski definition) is 3. The maximum atomic E-state index is 11.9. The van der Waals surface area contributed by atoms with Crippen LogP contribution < -0.4 is 0 Å². The quantitative estimate of drug-likeness (QED) is 0.149. The summed E-state index contributed by atoms with van der Waals surface area (Å²) in [5.41, 5.74) is -0.0720. The van der Waals surface area contributed by atoms with Crippen LogP contribution in [0.1, 0.15) is 119 Å². The van der Waals surface area contributed by atoms with Gasteiger partial charge in [-0.2, -0.15) is 0 Å². The van der Waals surface area contributed by atoms with Crippen LogP contribution in [0.3, 0.4) is 0 Å². The molecule has 28 heavy (non-hydrogen) atoms. The van der Waals surface area contributed by atoms with Gasteiger partial charge in [0.2, 0.25) is 0 Å². The molecule has 0 fully saturated rings. The van der Waals surface area contributed by atoms with Gasteiger partial charge in [0, 0.05) is 0 Å². The van der Waals surface area contributed by atoms with Gasteiger partial charge in [-0.15, -0.1) is 0 Å². The van der Waals surface area contributed by atoms with E-state index in [4.69, 9.17) is 9.47 Å². The van der Waals surface area contributed by atoms with Gasteiger partial charge in [0.25, 0.3) is 0 Å². The minimum atomic E-state index is -0.518. The fraction of sp³-hybridized carbons (Fsp3) is 0.880. The lowest BCUT2D eigenvalue weighted by Gasteiger charge is -2.32. The first kappa shape index (κ1) is 27.0. The molecule has 0 aliphatic rings. The highest BCUT2D eigenvalue weighted by atomic mass is 16.7. The number of allylic oxidation sites excluding steroid dienone is 2. The van der Waals surface area contributed by atoms with Gasteiger partial charge < -0.3 is 9.47 Å². The summed E-state index contributed by atoms with van der Waals surface area (Å²) in [7, 11) is 0. The smallest absolute Gasteiger partial charge is 0.434 e. The molecular weight excluding hydrogens is 348 g/mol. The largest absolute Gasteiger partial charge is 0.508 e. The summed E-state index contributed by atoms with van der Waals surface area (Å²) in [4.78, 5) is 11.9. The van der Waals surface area contributed by atoms with Crippen molar-refractivity contribution in [3.63, 3.8) is 0 Å². The van der Waals surface area contributed by atoms with Crippen molar-refractivity contribution >= 4 is 6.16 Å². The summed E-state index contributed by atoms with van der Waals surface area (Å²) < 4.78 is 10.8. The SMILES string of the molecule is CCCCCC/C=C/CCCCCCCCOC(=O)OC(C(C)C)C(C)(C)C. The fourth-order valence-corrected chi connectivity index (χ4v) is 3.60. The van der Waals surface area contributed by atoms with Crippen LogP contribution in [0.4, 0.5) is 4.79 Å². The zero-order chi connectivity index (χ0) is 21.3. The molecule has 0 amide bonds. The standard InChI is InChI=1S/C25H48O3/c1-7-8-9-10-11-12-13-14-15-16-17-18-19-20-21-27-24(26)28-23(22(2)3)25(4,5)6/h12-13,22-23H,7-11,14-21H2,1-6H3/b13-12+. The Morgan fingerprint density at radius 1 is 0.821 bits per heavy atom. The van der Waals surface area contributed by atoms with Crippen molar-refractivity contribution in [3.8, 4) is 0 Å². The molecule has 3 nitrogen and oxygen atoms in total. The van der Waals surface area contributed by atoms with Crippen LogP contribution in [0.15, 0.2) is 12.2 Å². The van der Waals surface area contributed by atoms with Crippen molar-refractivity contribution < 1.29 is 14.3 Å². The molecule has 0 heterocycles. The van der Waals surface area contributed by atoms with Gasteiger partial charge in [0.15, 0.2) is 0 Å². The van der Waals surface area contributed by atoms with E-state index >= 15 is 0 Å². The second-order valence-corrected chi connectivity index (χ2v) is 9.48. The highest BCUT2D eigenvalue weighted by molar-refractivity contribution is 5.60. The molecule has 0 saturated heterocycles. The summed E-state index contributed by atoms with van der Waals surface area (Å²) in [6, 6.07) is 0. The summed E-state index contributed by atoms with van der Waals surface area (Å²) >= 11 is 0. The molecule has 1 unspecified atom stereocenters. The average Bonchev–Trinajstić information content (AvgIpc) is 2.61. The molecule has 0 radical (unpaired) electrons. The number of ether oxygens (including phenoxy) is 2. The van der Waals surface area contributed by atoms with Crippen LogP contribution >= 0.6 is 0 Å². The number of unbranched alkanes of at least 4 members (excludes halogenated alkanes) is 10. The normalized spacial score (nSPS) is 13.2. The summed E-state index contributed by atoms with van der Waals surface area (Å²) in [6.07, 6.45) is 19.1. The first-order valence-corrected chi connectivity index (χ1v) is 11.8. The third-order valence-electron chi connectivity index (χ3n) is 5.06. The molecule has 0 rings (SSSR count). The van der Waals surface area contributed by atoms with Crippen LogP contribution in [0.5, 0.6) is 0 Å². The van der Waals surface area contributed by atoms with Crippen LogP contribution in [0, 0.1) is 11.3 Å². The summed E-state index contributed by atoms with van der Waals surface area (Å²) in [5.74, 6) is 0.281. The van der Waals surface area contributed by atoms with Gasteiger partial charge in [-0.05, 0) is 43.4 Å². The zero-order valence-corrected chi connectivity index (χ0v) is 19.7. The monoisotopic (exact) mass is 396 g/mol. The van der Waals surface area contributed by atoms with E-state index in [9.17, 15) is 4.79 Å². The first-order chi connectivity index (χ1) is 13.3. The Bertz CT molecular complexity index is 393. The number of rotatable bonds is 16. The lowest BCUT2D eigenvalue weighted by molar-refractivity contribution is -0.0381. The summed E-state index contributed by atoms with van der Waals surface area (Å²) in [6.45, 7) is 13.2. The Morgan fingerprint density at radius 3 is 1.82 bits per heavy atom. The van der Waals surface area contributed by atoms with Gasteiger partial charge in [-0.3, -0.25) is 0 Å². The van der Waals surface area contributed by atoms with Crippen molar-refractivity contribution in [1.82, 2.24) is 0 Å². The van der Waals surface area contributed by atoms with Gasteiger partial charge >= 0.3 is 6.16 Å². The van der Waals surface area contributed by atoms with E-state index in [-0.39, 0.29) is 17.4 Å². The van der Waals surface area contributed by atoms with E-state index < -0.39 is 6.16 Å².